The molecule has 1 N–H and O–H groups in total. The summed E-state index contributed by atoms with van der Waals surface area (Å²) in [5, 5.41) is 7.64. The van der Waals surface area contributed by atoms with Crippen molar-refractivity contribution in [2.24, 2.45) is 0 Å². The van der Waals surface area contributed by atoms with E-state index in [2.05, 4.69) is 5.32 Å². The molecule has 1 aliphatic heterocycles. The molecule has 0 spiro atoms. The quantitative estimate of drug-likeness (QED) is 0.487. The Kier molecular flexibility index (Phi) is 5.72. The third-order valence-corrected chi connectivity index (χ3v) is 5.80. The van der Waals surface area contributed by atoms with Crippen LogP contribution >= 0.6 is 0 Å². The number of carbonyl (C=O) groups is 2. The van der Waals surface area contributed by atoms with Gasteiger partial charge >= 0.3 is 0 Å². The standard InChI is InChI=1S/C27H24N4O2/c32-26-15-16-31-25(17-24(29-31)22-9-5-2-6-10-22)30(26)19-21-11-13-23(14-12-21)27(33)28-18-20-7-3-1-4-8-20/h1-14,17H,15-16,18-19H2,(H,28,33). The smallest absolute Gasteiger partial charge is 0.251 e. The topological polar surface area (TPSA) is 67.2 Å². The summed E-state index contributed by atoms with van der Waals surface area (Å²) >= 11 is 0. The molecule has 1 aliphatic rings. The van der Waals surface area contributed by atoms with Crippen molar-refractivity contribution >= 4 is 17.6 Å². The maximum Gasteiger partial charge on any atom is 0.251 e. The first kappa shape index (κ1) is 20.7. The molecule has 1 aromatic heterocycles. The summed E-state index contributed by atoms with van der Waals surface area (Å²) in [5.41, 5.74) is 4.49. The number of hydrogen-bond donors (Lipinski definition) is 1. The van der Waals surface area contributed by atoms with Crippen LogP contribution in [0.3, 0.4) is 0 Å². The van der Waals surface area contributed by atoms with Crippen molar-refractivity contribution in [3.63, 3.8) is 0 Å². The van der Waals surface area contributed by atoms with Crippen molar-refractivity contribution in [3.05, 3.63) is 108 Å². The molecular formula is C27H24N4O2. The molecule has 164 valence electrons. The van der Waals surface area contributed by atoms with Gasteiger partial charge in [-0.1, -0.05) is 72.8 Å². The van der Waals surface area contributed by atoms with Gasteiger partial charge in [-0.3, -0.25) is 14.5 Å². The van der Waals surface area contributed by atoms with Crippen molar-refractivity contribution in [2.75, 3.05) is 4.90 Å². The molecule has 4 aromatic rings. The van der Waals surface area contributed by atoms with Gasteiger partial charge in [0.25, 0.3) is 5.91 Å². The average Bonchev–Trinajstić information content (AvgIpc) is 3.31. The summed E-state index contributed by atoms with van der Waals surface area (Å²) in [5.74, 6) is 0.756. The fourth-order valence-electron chi connectivity index (χ4n) is 4.00. The Hall–Kier alpha value is -4.19. The molecule has 0 fully saturated rings. The Balaban J connectivity index is 1.29. The van der Waals surface area contributed by atoms with Crippen molar-refractivity contribution in [3.8, 4) is 11.3 Å². The van der Waals surface area contributed by atoms with Gasteiger partial charge in [0.1, 0.15) is 5.82 Å². The van der Waals surface area contributed by atoms with Gasteiger partial charge in [-0.2, -0.15) is 5.10 Å². The van der Waals surface area contributed by atoms with E-state index in [4.69, 9.17) is 5.10 Å². The Morgan fingerprint density at radius 1 is 0.879 bits per heavy atom. The van der Waals surface area contributed by atoms with Crippen LogP contribution in [0.2, 0.25) is 0 Å². The minimum atomic E-state index is -0.120. The number of benzene rings is 3. The largest absolute Gasteiger partial charge is 0.348 e. The van der Waals surface area contributed by atoms with Crippen LogP contribution in [0, 0.1) is 0 Å². The van der Waals surface area contributed by atoms with Crippen LogP contribution < -0.4 is 10.2 Å². The SMILES string of the molecule is O=C(NCc1ccccc1)c1ccc(CN2C(=O)CCn3nc(-c4ccccc4)cc32)cc1. The second kappa shape index (κ2) is 9.12. The number of fused-ring (bicyclic) bond motifs is 1. The van der Waals surface area contributed by atoms with E-state index >= 15 is 0 Å². The van der Waals surface area contributed by atoms with Crippen LogP contribution in [0.4, 0.5) is 5.82 Å². The van der Waals surface area contributed by atoms with E-state index in [1.54, 1.807) is 17.0 Å². The molecule has 5 rings (SSSR count). The molecule has 0 aliphatic carbocycles. The van der Waals surface area contributed by atoms with Crippen molar-refractivity contribution < 1.29 is 9.59 Å². The lowest BCUT2D eigenvalue weighted by atomic mass is 10.1. The number of amides is 2. The van der Waals surface area contributed by atoms with E-state index < -0.39 is 0 Å². The summed E-state index contributed by atoms with van der Waals surface area (Å²) < 4.78 is 1.90. The molecule has 0 bridgehead atoms. The first-order chi connectivity index (χ1) is 16.2. The van der Waals surface area contributed by atoms with Gasteiger partial charge in [0.15, 0.2) is 0 Å². The second-order valence-electron chi connectivity index (χ2n) is 8.07. The monoisotopic (exact) mass is 436 g/mol. The fourth-order valence-corrected chi connectivity index (χ4v) is 4.00. The molecule has 6 heteroatoms. The molecule has 33 heavy (non-hydrogen) atoms. The molecule has 0 atom stereocenters. The average molecular weight is 437 g/mol. The van der Waals surface area contributed by atoms with Crippen LogP contribution in [0.5, 0.6) is 0 Å². The fraction of sp³-hybridized carbons (Fsp3) is 0.148. The Labute approximate surface area is 192 Å². The molecule has 6 nitrogen and oxygen atoms in total. The van der Waals surface area contributed by atoms with Gasteiger partial charge in [-0.25, -0.2) is 4.68 Å². The van der Waals surface area contributed by atoms with Crippen LogP contribution in [-0.4, -0.2) is 21.6 Å². The molecule has 3 aromatic carbocycles. The molecule has 2 heterocycles. The van der Waals surface area contributed by atoms with Crippen molar-refractivity contribution in [1.82, 2.24) is 15.1 Å². The van der Waals surface area contributed by atoms with Gasteiger partial charge < -0.3 is 5.32 Å². The zero-order chi connectivity index (χ0) is 22.6. The predicted molar refractivity (Wildman–Crippen MR) is 128 cm³/mol. The Bertz CT molecular complexity index is 1260. The van der Waals surface area contributed by atoms with Gasteiger partial charge in [0.05, 0.1) is 18.8 Å². The lowest BCUT2D eigenvalue weighted by Crippen LogP contribution is -2.36. The van der Waals surface area contributed by atoms with E-state index in [0.29, 0.717) is 31.6 Å². The van der Waals surface area contributed by atoms with E-state index in [-0.39, 0.29) is 11.8 Å². The van der Waals surface area contributed by atoms with Crippen LogP contribution in [0.15, 0.2) is 91.0 Å². The third kappa shape index (κ3) is 4.55. The minimum Gasteiger partial charge on any atom is -0.348 e. The first-order valence-electron chi connectivity index (χ1n) is 11.0. The van der Waals surface area contributed by atoms with E-state index in [1.807, 2.05) is 83.5 Å². The summed E-state index contributed by atoms with van der Waals surface area (Å²) in [4.78, 5) is 27.0. The highest BCUT2D eigenvalue weighted by atomic mass is 16.2. The zero-order valence-electron chi connectivity index (χ0n) is 18.1. The van der Waals surface area contributed by atoms with E-state index in [9.17, 15) is 9.59 Å². The number of aryl methyl sites for hydroxylation is 1. The summed E-state index contributed by atoms with van der Waals surface area (Å²) in [6.07, 6.45) is 0.420. The Morgan fingerprint density at radius 2 is 1.58 bits per heavy atom. The number of carbonyl (C=O) groups excluding carboxylic acids is 2. The minimum absolute atomic E-state index is 0.0756. The van der Waals surface area contributed by atoms with Crippen LogP contribution in [0.1, 0.15) is 27.9 Å². The molecule has 0 radical (unpaired) electrons. The normalized spacial score (nSPS) is 13.0. The number of hydrogen-bond acceptors (Lipinski definition) is 3. The van der Waals surface area contributed by atoms with Gasteiger partial charge in [0.2, 0.25) is 5.91 Å². The van der Waals surface area contributed by atoms with E-state index in [0.717, 1.165) is 28.2 Å². The van der Waals surface area contributed by atoms with E-state index in [1.165, 1.54) is 0 Å². The number of rotatable bonds is 6. The predicted octanol–water partition coefficient (Wildman–Crippen LogP) is 4.42. The van der Waals surface area contributed by atoms with Crippen LogP contribution in [-0.2, 0) is 24.4 Å². The second-order valence-corrected chi connectivity index (χ2v) is 8.07. The Morgan fingerprint density at radius 3 is 2.30 bits per heavy atom. The lowest BCUT2D eigenvalue weighted by Gasteiger charge is -2.27. The molecule has 0 unspecified atom stereocenters. The van der Waals surface area contributed by atoms with Gasteiger partial charge in [-0.05, 0) is 23.3 Å². The summed E-state index contributed by atoms with van der Waals surface area (Å²) in [6, 6.07) is 29.2. The number of nitrogens with zero attached hydrogens (tertiary/aromatic N) is 3. The van der Waals surface area contributed by atoms with Crippen molar-refractivity contribution in [2.45, 2.75) is 26.1 Å². The number of aromatic nitrogens is 2. The summed E-state index contributed by atoms with van der Waals surface area (Å²) in [6.45, 7) is 1.50. The highest BCUT2D eigenvalue weighted by Crippen LogP contribution is 2.29. The molecular weight excluding hydrogens is 412 g/mol. The maximum absolute atomic E-state index is 12.7. The van der Waals surface area contributed by atoms with Gasteiger partial charge in [0, 0.05) is 30.2 Å². The highest BCUT2D eigenvalue weighted by Gasteiger charge is 2.26. The number of anilines is 1. The van der Waals surface area contributed by atoms with Crippen LogP contribution in [0.25, 0.3) is 11.3 Å². The van der Waals surface area contributed by atoms with Crippen molar-refractivity contribution in [1.29, 1.82) is 0 Å². The molecule has 0 saturated heterocycles. The van der Waals surface area contributed by atoms with Gasteiger partial charge in [-0.15, -0.1) is 0 Å². The third-order valence-electron chi connectivity index (χ3n) is 5.80. The lowest BCUT2D eigenvalue weighted by molar-refractivity contribution is -0.119. The molecule has 2 amide bonds. The molecule has 0 saturated carbocycles. The first-order valence-corrected chi connectivity index (χ1v) is 11.0. The summed E-state index contributed by atoms with van der Waals surface area (Å²) in [7, 11) is 0. The number of nitrogens with one attached hydrogen (secondary N) is 1. The maximum atomic E-state index is 12.7. The zero-order valence-corrected chi connectivity index (χ0v) is 18.1. The highest BCUT2D eigenvalue weighted by molar-refractivity contribution is 5.95.